The summed E-state index contributed by atoms with van der Waals surface area (Å²) in [4.78, 5) is 16.9. The Bertz CT molecular complexity index is 86.6. The Morgan fingerprint density at radius 1 is 1.60 bits per heavy atom. The third kappa shape index (κ3) is 39.8. The molecule has 0 radical (unpaired) electrons. The predicted molar refractivity (Wildman–Crippen MR) is 42.1 cm³/mol. The standard InChI is InChI=1S/C4H10ClN.H3O3P/c1-4(2)3-6-5;1-4(2)3/h4,6H,3H2,1-2H3;4H,(H2,1,2,3). The van der Waals surface area contributed by atoms with E-state index in [1.165, 1.54) is 0 Å². The molecule has 0 aromatic carbocycles. The second-order valence-electron chi connectivity index (χ2n) is 2.01. The molecule has 0 aliphatic rings. The minimum Gasteiger partial charge on any atom is -0.326 e. The highest BCUT2D eigenvalue weighted by Crippen LogP contribution is 1.98. The van der Waals surface area contributed by atoms with Crippen LogP contribution in [-0.4, -0.2) is 16.3 Å². The van der Waals surface area contributed by atoms with Crippen molar-refractivity contribution in [2.24, 2.45) is 5.92 Å². The van der Waals surface area contributed by atoms with Gasteiger partial charge in [-0.1, -0.05) is 13.8 Å². The Kier molecular flexibility index (Phi) is 12.2. The highest BCUT2D eigenvalue weighted by atomic mass is 35.5. The van der Waals surface area contributed by atoms with Gasteiger partial charge in [-0.05, 0) is 17.7 Å². The number of rotatable bonds is 2. The monoisotopic (exact) mass is 189 g/mol. The van der Waals surface area contributed by atoms with Crippen LogP contribution in [0, 0.1) is 5.92 Å². The quantitative estimate of drug-likeness (QED) is 0.443. The zero-order valence-electron chi connectivity index (χ0n) is 5.97. The molecular weight excluding hydrogens is 176 g/mol. The minimum atomic E-state index is -3.13. The highest BCUT2D eigenvalue weighted by Gasteiger charge is 1.85. The lowest BCUT2D eigenvalue weighted by Gasteiger charge is -1.96. The van der Waals surface area contributed by atoms with Crippen molar-refractivity contribution in [3.8, 4) is 0 Å². The second kappa shape index (κ2) is 9.40. The number of halogens is 1. The molecule has 0 amide bonds. The first kappa shape index (κ1) is 13.0. The molecule has 0 unspecified atom stereocenters. The molecule has 0 spiro atoms. The fourth-order valence-electron chi connectivity index (χ4n) is 0.154. The van der Waals surface area contributed by atoms with Crippen LogP contribution in [-0.2, 0) is 4.57 Å². The van der Waals surface area contributed by atoms with Crippen LogP contribution < -0.4 is 4.84 Å². The number of hydrogen-bond acceptors (Lipinski definition) is 2. The van der Waals surface area contributed by atoms with Gasteiger partial charge in [0.25, 0.3) is 0 Å². The topological polar surface area (TPSA) is 69.6 Å². The molecule has 0 saturated carbocycles. The van der Waals surface area contributed by atoms with Gasteiger partial charge in [0, 0.05) is 6.54 Å². The fourth-order valence-corrected chi connectivity index (χ4v) is 0.463. The van der Waals surface area contributed by atoms with Crippen LogP contribution in [0.3, 0.4) is 0 Å². The molecule has 0 atom stereocenters. The van der Waals surface area contributed by atoms with Crippen molar-refractivity contribution in [3.63, 3.8) is 0 Å². The highest BCUT2D eigenvalue weighted by molar-refractivity contribution is 7.30. The van der Waals surface area contributed by atoms with Crippen molar-refractivity contribution in [1.29, 1.82) is 0 Å². The van der Waals surface area contributed by atoms with Gasteiger partial charge >= 0.3 is 8.25 Å². The summed E-state index contributed by atoms with van der Waals surface area (Å²) in [6.45, 7) is 5.10. The fraction of sp³-hybridized carbons (Fsp3) is 1.00. The van der Waals surface area contributed by atoms with Crippen molar-refractivity contribution < 1.29 is 14.4 Å². The summed E-state index contributed by atoms with van der Waals surface area (Å²) in [5, 5.41) is 0. The molecule has 0 bridgehead atoms. The SMILES string of the molecule is CC(C)CNCl.O=[PH](O)O. The molecule has 4 nitrogen and oxygen atoms in total. The van der Waals surface area contributed by atoms with Gasteiger partial charge in [-0.15, -0.1) is 0 Å². The van der Waals surface area contributed by atoms with Crippen LogP contribution in [0.4, 0.5) is 0 Å². The van der Waals surface area contributed by atoms with E-state index in [0.717, 1.165) is 6.54 Å². The third-order valence-corrected chi connectivity index (χ3v) is 0.640. The Morgan fingerprint density at radius 2 is 1.90 bits per heavy atom. The van der Waals surface area contributed by atoms with Crippen LogP contribution in [0.1, 0.15) is 13.8 Å². The van der Waals surface area contributed by atoms with Crippen LogP contribution in [0.25, 0.3) is 0 Å². The maximum absolute atomic E-state index is 8.74. The zero-order chi connectivity index (χ0) is 8.57. The molecule has 3 N–H and O–H groups in total. The van der Waals surface area contributed by atoms with Crippen molar-refractivity contribution >= 4 is 20.0 Å². The Hall–Kier alpha value is 0.400. The normalized spacial score (nSPS) is 9.50. The lowest BCUT2D eigenvalue weighted by molar-refractivity contribution is 0.405. The van der Waals surface area contributed by atoms with E-state index >= 15 is 0 Å². The van der Waals surface area contributed by atoms with Gasteiger partial charge in [0.1, 0.15) is 0 Å². The summed E-state index contributed by atoms with van der Waals surface area (Å²) < 4.78 is 8.74. The van der Waals surface area contributed by atoms with Crippen LogP contribution >= 0.6 is 20.0 Å². The summed E-state index contributed by atoms with van der Waals surface area (Å²) >= 11 is 5.15. The summed E-state index contributed by atoms with van der Waals surface area (Å²) in [7, 11) is -3.13. The van der Waals surface area contributed by atoms with E-state index in [1.54, 1.807) is 0 Å². The summed E-state index contributed by atoms with van der Waals surface area (Å²) in [5.41, 5.74) is 0. The van der Waals surface area contributed by atoms with E-state index in [0.29, 0.717) is 5.92 Å². The average Bonchev–Trinajstić information content (AvgIpc) is 1.62. The second-order valence-corrected chi connectivity index (χ2v) is 2.85. The molecule has 0 aliphatic heterocycles. The zero-order valence-corrected chi connectivity index (χ0v) is 7.72. The summed E-state index contributed by atoms with van der Waals surface area (Å²) in [5.74, 6) is 0.655. The van der Waals surface area contributed by atoms with Gasteiger partial charge in [0.15, 0.2) is 0 Å². The summed E-state index contributed by atoms with van der Waals surface area (Å²) in [6.07, 6.45) is 0. The van der Waals surface area contributed by atoms with Gasteiger partial charge in [-0.3, -0.25) is 4.57 Å². The molecule has 0 aromatic heterocycles. The first-order chi connectivity index (χ1) is 4.50. The Morgan fingerprint density at radius 3 is 1.90 bits per heavy atom. The minimum absolute atomic E-state index is 0.655. The van der Waals surface area contributed by atoms with Crippen LogP contribution in [0.15, 0.2) is 0 Å². The molecule has 10 heavy (non-hydrogen) atoms. The van der Waals surface area contributed by atoms with E-state index in [2.05, 4.69) is 18.7 Å². The largest absolute Gasteiger partial charge is 0.326 e. The lowest BCUT2D eigenvalue weighted by atomic mass is 10.2. The maximum atomic E-state index is 8.74. The first-order valence-corrected chi connectivity index (χ1v) is 4.44. The van der Waals surface area contributed by atoms with Crippen molar-refractivity contribution in [2.45, 2.75) is 13.8 Å². The molecule has 0 fully saturated rings. The smallest absolute Gasteiger partial charge is 0.314 e. The third-order valence-electron chi connectivity index (χ3n) is 0.485. The molecule has 0 saturated heterocycles. The molecule has 64 valence electrons. The van der Waals surface area contributed by atoms with Gasteiger partial charge in [-0.25, -0.2) is 4.84 Å². The molecular formula is C4H13ClNO3P. The first-order valence-electron chi connectivity index (χ1n) is 2.76. The van der Waals surface area contributed by atoms with E-state index in [9.17, 15) is 0 Å². The predicted octanol–water partition coefficient (Wildman–Crippen LogP) is 0.746. The Labute approximate surface area is 66.3 Å². The van der Waals surface area contributed by atoms with E-state index in [1.807, 2.05) is 0 Å². The molecule has 0 heterocycles. The Balaban J connectivity index is 0. The van der Waals surface area contributed by atoms with Crippen LogP contribution in [0.5, 0.6) is 0 Å². The van der Waals surface area contributed by atoms with Crippen molar-refractivity contribution in [2.75, 3.05) is 6.54 Å². The average molecular weight is 190 g/mol. The number of nitrogens with one attached hydrogen (secondary N) is 1. The number of hydrogen-bond donors (Lipinski definition) is 3. The van der Waals surface area contributed by atoms with Crippen molar-refractivity contribution in [1.82, 2.24) is 4.84 Å². The van der Waals surface area contributed by atoms with Crippen LogP contribution in [0.2, 0.25) is 0 Å². The van der Waals surface area contributed by atoms with E-state index in [-0.39, 0.29) is 0 Å². The maximum Gasteiger partial charge on any atom is 0.314 e. The summed E-state index contributed by atoms with van der Waals surface area (Å²) in [6, 6.07) is 0. The molecule has 0 aliphatic carbocycles. The molecule has 0 aromatic rings. The van der Waals surface area contributed by atoms with Gasteiger partial charge in [-0.2, -0.15) is 0 Å². The van der Waals surface area contributed by atoms with Gasteiger partial charge < -0.3 is 9.79 Å². The van der Waals surface area contributed by atoms with E-state index in [4.69, 9.17) is 26.1 Å². The van der Waals surface area contributed by atoms with Gasteiger partial charge in [0.05, 0.1) is 0 Å². The van der Waals surface area contributed by atoms with Gasteiger partial charge in [0.2, 0.25) is 0 Å². The molecule has 0 rings (SSSR count). The van der Waals surface area contributed by atoms with E-state index < -0.39 is 8.25 Å². The molecule has 6 heteroatoms. The van der Waals surface area contributed by atoms with Crippen molar-refractivity contribution in [3.05, 3.63) is 0 Å². The lowest BCUT2D eigenvalue weighted by Crippen LogP contribution is -2.07.